The molecule has 0 fully saturated rings. The maximum absolute atomic E-state index is 12.0. The number of benzene rings is 1. The molecule has 0 amide bonds. The monoisotopic (exact) mass is 289 g/mol. The SMILES string of the molecule is CC(Nc1cc(=O)n(C(C)C)c(=O)n1O)c1ccccc1. The Kier molecular flexibility index (Phi) is 4.16. The number of hydrogen-bond donors (Lipinski definition) is 2. The van der Waals surface area contributed by atoms with Crippen molar-refractivity contribution in [3.8, 4) is 0 Å². The lowest BCUT2D eigenvalue weighted by Crippen LogP contribution is -2.41. The summed E-state index contributed by atoms with van der Waals surface area (Å²) < 4.78 is 1.47. The van der Waals surface area contributed by atoms with Gasteiger partial charge in [-0.25, -0.2) is 4.79 Å². The molecule has 2 N–H and O–H groups in total. The van der Waals surface area contributed by atoms with Crippen LogP contribution in [0.2, 0.25) is 0 Å². The Morgan fingerprint density at radius 1 is 1.10 bits per heavy atom. The van der Waals surface area contributed by atoms with Crippen LogP contribution in [-0.4, -0.2) is 14.5 Å². The van der Waals surface area contributed by atoms with Crippen LogP contribution in [0.1, 0.15) is 38.4 Å². The predicted octanol–water partition coefficient (Wildman–Crippen LogP) is 2.00. The van der Waals surface area contributed by atoms with E-state index in [1.54, 1.807) is 13.8 Å². The molecule has 1 atom stereocenters. The molecule has 1 aromatic carbocycles. The van der Waals surface area contributed by atoms with E-state index in [-0.39, 0.29) is 17.9 Å². The van der Waals surface area contributed by atoms with Crippen LogP contribution in [0, 0.1) is 0 Å². The van der Waals surface area contributed by atoms with Crippen molar-refractivity contribution < 1.29 is 5.21 Å². The molecule has 0 aliphatic carbocycles. The van der Waals surface area contributed by atoms with Gasteiger partial charge in [-0.15, -0.1) is 4.73 Å². The molecule has 0 radical (unpaired) electrons. The van der Waals surface area contributed by atoms with Crippen LogP contribution in [0.3, 0.4) is 0 Å². The number of rotatable bonds is 4. The van der Waals surface area contributed by atoms with Gasteiger partial charge in [0.2, 0.25) is 0 Å². The van der Waals surface area contributed by atoms with Crippen molar-refractivity contribution in [2.45, 2.75) is 32.9 Å². The van der Waals surface area contributed by atoms with E-state index >= 15 is 0 Å². The van der Waals surface area contributed by atoms with Crippen molar-refractivity contribution in [2.24, 2.45) is 0 Å². The highest BCUT2D eigenvalue weighted by atomic mass is 16.5. The molecule has 0 aliphatic rings. The second-order valence-corrected chi connectivity index (χ2v) is 5.20. The Bertz CT molecular complexity index is 732. The van der Waals surface area contributed by atoms with E-state index in [1.165, 1.54) is 6.07 Å². The Morgan fingerprint density at radius 2 is 1.71 bits per heavy atom. The smallest absolute Gasteiger partial charge is 0.365 e. The van der Waals surface area contributed by atoms with E-state index < -0.39 is 11.2 Å². The highest BCUT2D eigenvalue weighted by molar-refractivity contribution is 5.37. The standard InChI is InChI=1S/C15H19N3O3/c1-10(2)17-14(19)9-13(18(21)15(17)20)16-11(3)12-7-5-4-6-8-12/h4-11,16,21H,1-3H3. The number of hydrogen-bond acceptors (Lipinski definition) is 4. The summed E-state index contributed by atoms with van der Waals surface area (Å²) in [5, 5.41) is 12.9. The summed E-state index contributed by atoms with van der Waals surface area (Å²) in [6.07, 6.45) is 0. The molecule has 0 spiro atoms. The molecule has 0 saturated heterocycles. The van der Waals surface area contributed by atoms with Gasteiger partial charge < -0.3 is 10.5 Å². The first-order valence-corrected chi connectivity index (χ1v) is 6.81. The summed E-state index contributed by atoms with van der Waals surface area (Å²) in [5.74, 6) is 0.0817. The van der Waals surface area contributed by atoms with Gasteiger partial charge in [-0.1, -0.05) is 30.3 Å². The van der Waals surface area contributed by atoms with Crippen LogP contribution in [0.15, 0.2) is 46.0 Å². The summed E-state index contributed by atoms with van der Waals surface area (Å²) in [5.41, 5.74) is -0.207. The van der Waals surface area contributed by atoms with Crippen molar-refractivity contribution >= 4 is 5.82 Å². The molecule has 6 nitrogen and oxygen atoms in total. The summed E-state index contributed by atoms with van der Waals surface area (Å²) in [6.45, 7) is 5.30. The number of nitrogens with zero attached hydrogens (tertiary/aromatic N) is 2. The van der Waals surface area contributed by atoms with E-state index in [2.05, 4.69) is 5.32 Å². The highest BCUT2D eigenvalue weighted by Crippen LogP contribution is 2.16. The largest absolute Gasteiger partial charge is 0.422 e. The van der Waals surface area contributed by atoms with Gasteiger partial charge in [0.05, 0.1) is 0 Å². The average molecular weight is 289 g/mol. The maximum atomic E-state index is 12.0. The molecule has 1 heterocycles. The molecule has 2 aromatic rings. The number of nitrogens with one attached hydrogen (secondary N) is 1. The summed E-state index contributed by atoms with van der Waals surface area (Å²) in [4.78, 5) is 24.0. The van der Waals surface area contributed by atoms with E-state index in [1.807, 2.05) is 37.3 Å². The zero-order valence-electron chi connectivity index (χ0n) is 12.3. The van der Waals surface area contributed by atoms with Crippen molar-refractivity contribution in [2.75, 3.05) is 5.32 Å². The van der Waals surface area contributed by atoms with Gasteiger partial charge in [-0.3, -0.25) is 9.36 Å². The molecule has 112 valence electrons. The summed E-state index contributed by atoms with van der Waals surface area (Å²) in [6, 6.07) is 10.3. The van der Waals surface area contributed by atoms with Gasteiger partial charge in [0.15, 0.2) is 5.82 Å². The van der Waals surface area contributed by atoms with Gasteiger partial charge >= 0.3 is 5.69 Å². The van der Waals surface area contributed by atoms with Crippen molar-refractivity contribution in [3.05, 3.63) is 62.8 Å². The van der Waals surface area contributed by atoms with E-state index in [9.17, 15) is 14.8 Å². The van der Waals surface area contributed by atoms with Crippen LogP contribution in [0.25, 0.3) is 0 Å². The quantitative estimate of drug-likeness (QED) is 0.844. The minimum Gasteiger partial charge on any atom is -0.422 e. The van der Waals surface area contributed by atoms with Gasteiger partial charge in [-0.05, 0) is 26.3 Å². The maximum Gasteiger partial charge on any atom is 0.365 e. The van der Waals surface area contributed by atoms with Gasteiger partial charge in [0.25, 0.3) is 5.56 Å². The zero-order valence-corrected chi connectivity index (χ0v) is 12.3. The Labute approximate surface area is 122 Å². The Hall–Kier alpha value is -2.50. The Morgan fingerprint density at radius 3 is 2.29 bits per heavy atom. The van der Waals surface area contributed by atoms with E-state index in [0.717, 1.165) is 10.1 Å². The van der Waals surface area contributed by atoms with Crippen LogP contribution in [0.4, 0.5) is 5.82 Å². The molecule has 1 unspecified atom stereocenters. The molecular formula is C15H19N3O3. The van der Waals surface area contributed by atoms with E-state index in [0.29, 0.717) is 4.73 Å². The highest BCUT2D eigenvalue weighted by Gasteiger charge is 2.14. The lowest BCUT2D eigenvalue weighted by Gasteiger charge is -2.18. The van der Waals surface area contributed by atoms with Crippen molar-refractivity contribution in [3.63, 3.8) is 0 Å². The third-order valence-corrected chi connectivity index (χ3v) is 3.29. The minimum absolute atomic E-state index is 0.0817. The molecule has 1 aromatic heterocycles. The summed E-state index contributed by atoms with van der Waals surface area (Å²) in [7, 11) is 0. The molecule has 2 rings (SSSR count). The van der Waals surface area contributed by atoms with Crippen LogP contribution in [0.5, 0.6) is 0 Å². The van der Waals surface area contributed by atoms with E-state index in [4.69, 9.17) is 0 Å². The normalized spacial score (nSPS) is 12.4. The fourth-order valence-corrected chi connectivity index (χ4v) is 2.17. The fraction of sp³-hybridized carbons (Fsp3) is 0.333. The lowest BCUT2D eigenvalue weighted by molar-refractivity contribution is 0.166. The Balaban J connectivity index is 2.38. The first-order chi connectivity index (χ1) is 9.91. The lowest BCUT2D eigenvalue weighted by atomic mass is 10.1. The molecule has 6 heteroatoms. The fourth-order valence-electron chi connectivity index (χ4n) is 2.17. The first-order valence-electron chi connectivity index (χ1n) is 6.81. The second-order valence-electron chi connectivity index (χ2n) is 5.20. The second kappa shape index (κ2) is 5.87. The topological polar surface area (TPSA) is 76.3 Å². The molecule has 0 bridgehead atoms. The number of aromatic nitrogens is 2. The van der Waals surface area contributed by atoms with Gasteiger partial charge in [0.1, 0.15) is 0 Å². The third-order valence-electron chi connectivity index (χ3n) is 3.29. The van der Waals surface area contributed by atoms with Crippen LogP contribution >= 0.6 is 0 Å². The first kappa shape index (κ1) is 14.9. The number of anilines is 1. The molecule has 21 heavy (non-hydrogen) atoms. The minimum atomic E-state index is -0.750. The van der Waals surface area contributed by atoms with Crippen LogP contribution < -0.4 is 16.6 Å². The average Bonchev–Trinajstić information content (AvgIpc) is 2.45. The van der Waals surface area contributed by atoms with Gasteiger partial charge in [-0.2, -0.15) is 0 Å². The van der Waals surface area contributed by atoms with Crippen molar-refractivity contribution in [1.29, 1.82) is 0 Å². The molecule has 0 aliphatic heterocycles. The summed E-state index contributed by atoms with van der Waals surface area (Å²) >= 11 is 0. The molecular weight excluding hydrogens is 270 g/mol. The van der Waals surface area contributed by atoms with Gasteiger partial charge in [0, 0.05) is 18.2 Å². The van der Waals surface area contributed by atoms with Crippen LogP contribution in [-0.2, 0) is 0 Å². The van der Waals surface area contributed by atoms with Crippen molar-refractivity contribution in [1.82, 2.24) is 9.30 Å². The predicted molar refractivity (Wildman–Crippen MR) is 81.0 cm³/mol. The third kappa shape index (κ3) is 2.99. The zero-order chi connectivity index (χ0) is 15.6. The molecule has 0 saturated carbocycles.